The van der Waals surface area contributed by atoms with Crippen molar-refractivity contribution in [3.8, 4) is 10.8 Å². The van der Waals surface area contributed by atoms with Crippen LogP contribution in [-0.4, -0.2) is 66.1 Å². The molecule has 4 heterocycles. The van der Waals surface area contributed by atoms with E-state index < -0.39 is 0 Å². The van der Waals surface area contributed by atoms with Gasteiger partial charge in [0.05, 0.1) is 18.9 Å². The normalized spacial score (nSPS) is 21.8. The molecular weight excluding hydrogens is 338 g/mol. The second-order valence-electron chi connectivity index (χ2n) is 6.69. The minimum Gasteiger partial charge on any atom is -0.459 e. The summed E-state index contributed by atoms with van der Waals surface area (Å²) in [6, 6.07) is 4.28. The molecule has 4 rings (SSSR count). The monoisotopic (exact) mass is 361 g/mol. The van der Waals surface area contributed by atoms with Gasteiger partial charge in [0, 0.05) is 32.2 Å². The van der Waals surface area contributed by atoms with Crippen LogP contribution in [0.5, 0.6) is 0 Å². The number of hydrogen-bond acceptors (Lipinski definition) is 6. The molecule has 0 saturated carbocycles. The van der Waals surface area contributed by atoms with Gasteiger partial charge in [-0.25, -0.2) is 4.98 Å². The van der Waals surface area contributed by atoms with Crippen LogP contribution in [0.2, 0.25) is 0 Å². The van der Waals surface area contributed by atoms with E-state index in [4.69, 9.17) is 9.15 Å². The summed E-state index contributed by atoms with van der Waals surface area (Å²) < 4.78 is 11.1. The summed E-state index contributed by atoms with van der Waals surface area (Å²) in [5.74, 6) is 1.68. The molecule has 2 fully saturated rings. The second-order valence-corrected chi connectivity index (χ2v) is 7.68. The van der Waals surface area contributed by atoms with Crippen molar-refractivity contribution in [2.24, 2.45) is 0 Å². The highest BCUT2D eigenvalue weighted by atomic mass is 32.1. The van der Waals surface area contributed by atoms with Gasteiger partial charge in [0.1, 0.15) is 10.6 Å². The smallest absolute Gasteiger partial charge is 0.265 e. The summed E-state index contributed by atoms with van der Waals surface area (Å²) >= 11 is 1.43. The maximum atomic E-state index is 13.0. The van der Waals surface area contributed by atoms with E-state index in [2.05, 4.69) is 9.88 Å². The Morgan fingerprint density at radius 3 is 2.76 bits per heavy atom. The zero-order valence-corrected chi connectivity index (χ0v) is 15.5. The summed E-state index contributed by atoms with van der Waals surface area (Å²) in [5, 5.41) is 0.776. The highest BCUT2D eigenvalue weighted by molar-refractivity contribution is 7.17. The third-order valence-electron chi connectivity index (χ3n) is 4.95. The predicted octanol–water partition coefficient (Wildman–Crippen LogP) is 2.57. The largest absolute Gasteiger partial charge is 0.459 e. The fourth-order valence-corrected chi connectivity index (χ4v) is 4.56. The first-order valence-electron chi connectivity index (χ1n) is 8.77. The number of thiazole rings is 1. The Balaban J connectivity index is 1.47. The van der Waals surface area contributed by atoms with Crippen molar-refractivity contribution in [2.75, 3.05) is 39.4 Å². The van der Waals surface area contributed by atoms with Crippen LogP contribution in [0, 0.1) is 13.8 Å². The number of hydrogen-bond donors (Lipinski definition) is 0. The second kappa shape index (κ2) is 6.90. The first kappa shape index (κ1) is 16.8. The minimum atomic E-state index is 0.0975. The maximum Gasteiger partial charge on any atom is 0.265 e. The molecule has 2 aliphatic rings. The van der Waals surface area contributed by atoms with Crippen LogP contribution in [0.15, 0.2) is 16.5 Å². The number of aryl methyl sites for hydroxylation is 2. The first-order valence-corrected chi connectivity index (χ1v) is 9.59. The molecule has 0 radical (unpaired) electrons. The van der Waals surface area contributed by atoms with Crippen molar-refractivity contribution < 1.29 is 13.9 Å². The Bertz CT molecular complexity index is 763. The van der Waals surface area contributed by atoms with Crippen molar-refractivity contribution in [3.05, 3.63) is 28.5 Å². The van der Waals surface area contributed by atoms with E-state index in [1.54, 1.807) is 0 Å². The molecule has 0 aromatic carbocycles. The van der Waals surface area contributed by atoms with Crippen LogP contribution < -0.4 is 0 Å². The maximum absolute atomic E-state index is 13.0. The molecule has 7 heteroatoms. The van der Waals surface area contributed by atoms with Crippen molar-refractivity contribution in [2.45, 2.75) is 26.3 Å². The summed E-state index contributed by atoms with van der Waals surface area (Å²) in [5.41, 5.74) is 0.786. The van der Waals surface area contributed by atoms with E-state index in [-0.39, 0.29) is 5.91 Å². The number of furan rings is 1. The SMILES string of the molecule is Cc1ccc(-c2nc(C)c(C(=O)N3CCC(N4CCOCC4)C3)s2)o1. The van der Waals surface area contributed by atoms with Gasteiger partial charge >= 0.3 is 0 Å². The van der Waals surface area contributed by atoms with E-state index in [9.17, 15) is 4.79 Å². The zero-order valence-electron chi connectivity index (χ0n) is 14.7. The van der Waals surface area contributed by atoms with Crippen molar-refractivity contribution >= 4 is 17.2 Å². The summed E-state index contributed by atoms with van der Waals surface area (Å²) in [6.45, 7) is 8.94. The highest BCUT2D eigenvalue weighted by Gasteiger charge is 2.33. The number of nitrogens with zero attached hydrogens (tertiary/aromatic N) is 3. The molecule has 0 bridgehead atoms. The van der Waals surface area contributed by atoms with Crippen LogP contribution in [0.1, 0.15) is 27.5 Å². The van der Waals surface area contributed by atoms with Crippen molar-refractivity contribution in [1.29, 1.82) is 0 Å². The molecule has 2 aliphatic heterocycles. The van der Waals surface area contributed by atoms with Gasteiger partial charge in [-0.2, -0.15) is 0 Å². The zero-order chi connectivity index (χ0) is 17.4. The van der Waals surface area contributed by atoms with Gasteiger partial charge in [-0.05, 0) is 32.4 Å². The predicted molar refractivity (Wildman–Crippen MR) is 96.0 cm³/mol. The Kier molecular flexibility index (Phi) is 4.62. The molecular formula is C18H23N3O3S. The van der Waals surface area contributed by atoms with E-state index in [1.807, 2.05) is 30.9 Å². The molecule has 2 saturated heterocycles. The number of aromatic nitrogens is 1. The average Bonchev–Trinajstić information content (AvgIpc) is 3.34. The summed E-state index contributed by atoms with van der Waals surface area (Å²) in [7, 11) is 0. The number of likely N-dealkylation sites (tertiary alicyclic amines) is 1. The lowest BCUT2D eigenvalue weighted by molar-refractivity contribution is 0.0185. The van der Waals surface area contributed by atoms with Gasteiger partial charge in [0.15, 0.2) is 10.8 Å². The lowest BCUT2D eigenvalue weighted by Crippen LogP contribution is -2.45. The van der Waals surface area contributed by atoms with Crippen LogP contribution in [0.3, 0.4) is 0 Å². The first-order chi connectivity index (χ1) is 12.1. The number of ether oxygens (including phenoxy) is 1. The molecule has 1 atom stereocenters. The quantitative estimate of drug-likeness (QED) is 0.841. The number of carbonyl (C=O) groups excluding carboxylic acids is 1. The van der Waals surface area contributed by atoms with Gasteiger partial charge in [-0.15, -0.1) is 11.3 Å². The Hall–Kier alpha value is -1.70. The summed E-state index contributed by atoms with van der Waals surface area (Å²) in [6.07, 6.45) is 1.04. The molecule has 25 heavy (non-hydrogen) atoms. The Morgan fingerprint density at radius 2 is 2.04 bits per heavy atom. The van der Waals surface area contributed by atoms with E-state index >= 15 is 0 Å². The molecule has 2 aromatic rings. The third kappa shape index (κ3) is 3.36. The fraction of sp³-hybridized carbons (Fsp3) is 0.556. The number of amides is 1. The summed E-state index contributed by atoms with van der Waals surface area (Å²) in [4.78, 5) is 22.7. The molecule has 2 aromatic heterocycles. The van der Waals surface area contributed by atoms with Crippen LogP contribution in [0.4, 0.5) is 0 Å². The number of carbonyl (C=O) groups is 1. The van der Waals surface area contributed by atoms with Crippen LogP contribution in [0.25, 0.3) is 10.8 Å². The van der Waals surface area contributed by atoms with Crippen LogP contribution in [-0.2, 0) is 4.74 Å². The van der Waals surface area contributed by atoms with Crippen molar-refractivity contribution in [3.63, 3.8) is 0 Å². The average molecular weight is 361 g/mol. The molecule has 0 spiro atoms. The van der Waals surface area contributed by atoms with Crippen molar-refractivity contribution in [1.82, 2.24) is 14.8 Å². The van der Waals surface area contributed by atoms with Gasteiger partial charge in [0.2, 0.25) is 0 Å². The molecule has 1 unspecified atom stereocenters. The Morgan fingerprint density at radius 1 is 1.24 bits per heavy atom. The van der Waals surface area contributed by atoms with E-state index in [0.29, 0.717) is 6.04 Å². The lowest BCUT2D eigenvalue weighted by Gasteiger charge is -2.32. The standard InChI is InChI=1S/C18H23N3O3S/c1-12-3-4-15(24-12)17-19-13(2)16(25-17)18(22)21-6-5-14(11-21)20-7-9-23-10-8-20/h3-4,14H,5-11H2,1-2H3. The Labute approximate surface area is 151 Å². The van der Waals surface area contributed by atoms with Gasteiger partial charge in [0.25, 0.3) is 5.91 Å². The number of rotatable bonds is 3. The van der Waals surface area contributed by atoms with Gasteiger partial charge in [-0.3, -0.25) is 9.69 Å². The minimum absolute atomic E-state index is 0.0975. The fourth-order valence-electron chi connectivity index (χ4n) is 3.56. The van der Waals surface area contributed by atoms with Crippen LogP contribution >= 0.6 is 11.3 Å². The topological polar surface area (TPSA) is 58.8 Å². The van der Waals surface area contributed by atoms with Gasteiger partial charge < -0.3 is 14.1 Å². The van der Waals surface area contributed by atoms with E-state index in [1.165, 1.54) is 11.3 Å². The molecule has 0 aliphatic carbocycles. The molecule has 0 N–H and O–H groups in total. The lowest BCUT2D eigenvalue weighted by atomic mass is 10.2. The molecule has 1 amide bonds. The molecule has 6 nitrogen and oxygen atoms in total. The number of morpholine rings is 1. The highest BCUT2D eigenvalue weighted by Crippen LogP contribution is 2.31. The third-order valence-corrected chi connectivity index (χ3v) is 6.11. The van der Waals surface area contributed by atoms with Gasteiger partial charge in [-0.1, -0.05) is 0 Å². The van der Waals surface area contributed by atoms with E-state index in [0.717, 1.165) is 72.9 Å². The molecule has 134 valence electrons.